The molecule has 162 valence electrons. The minimum Gasteiger partial charge on any atom is -0.348 e. The number of rotatable bonds is 3. The van der Waals surface area contributed by atoms with E-state index in [1.807, 2.05) is 4.90 Å². The van der Waals surface area contributed by atoms with Crippen LogP contribution in [0.4, 0.5) is 8.78 Å². The maximum absolute atomic E-state index is 13.8. The Labute approximate surface area is 177 Å². The molecule has 3 aliphatic heterocycles. The van der Waals surface area contributed by atoms with E-state index in [2.05, 4.69) is 10.2 Å². The number of amides is 2. The van der Waals surface area contributed by atoms with Crippen LogP contribution in [0.2, 0.25) is 0 Å². The van der Waals surface area contributed by atoms with Crippen LogP contribution in [-0.4, -0.2) is 51.5 Å². The molecule has 4 heterocycles. The van der Waals surface area contributed by atoms with Crippen LogP contribution in [0.3, 0.4) is 0 Å². The minimum absolute atomic E-state index is 0.0707. The van der Waals surface area contributed by atoms with Gasteiger partial charge in [-0.05, 0) is 25.8 Å². The van der Waals surface area contributed by atoms with Crippen LogP contribution in [-0.2, 0) is 13.1 Å². The molecule has 5 rings (SSSR count). The topological polar surface area (TPSA) is 74.7 Å². The van der Waals surface area contributed by atoms with Gasteiger partial charge in [0.1, 0.15) is 29.1 Å². The van der Waals surface area contributed by atoms with E-state index in [1.54, 1.807) is 11.5 Å². The highest BCUT2D eigenvalue weighted by Crippen LogP contribution is 2.34. The number of pyridine rings is 1. The lowest BCUT2D eigenvalue weighted by Gasteiger charge is -2.36. The molecule has 0 unspecified atom stereocenters. The second-order valence-corrected chi connectivity index (χ2v) is 8.39. The highest BCUT2D eigenvalue weighted by Gasteiger charge is 2.47. The third kappa shape index (κ3) is 3.15. The van der Waals surface area contributed by atoms with Crippen molar-refractivity contribution in [2.75, 3.05) is 13.1 Å². The molecule has 0 spiro atoms. The Hall–Kier alpha value is -3.07. The molecule has 1 N–H and O–H groups in total. The van der Waals surface area contributed by atoms with E-state index in [4.69, 9.17) is 0 Å². The average Bonchev–Trinajstić information content (AvgIpc) is 3.32. The number of nitrogens with one attached hydrogen (secondary N) is 1. The molecule has 2 aromatic rings. The van der Waals surface area contributed by atoms with Gasteiger partial charge >= 0.3 is 0 Å². The Morgan fingerprint density at radius 3 is 2.81 bits per heavy atom. The Kier molecular flexibility index (Phi) is 4.65. The van der Waals surface area contributed by atoms with Crippen LogP contribution in [0.5, 0.6) is 0 Å². The zero-order valence-corrected chi connectivity index (χ0v) is 17.0. The van der Waals surface area contributed by atoms with Gasteiger partial charge in [-0.3, -0.25) is 19.3 Å². The van der Waals surface area contributed by atoms with Crippen LogP contribution < -0.4 is 10.7 Å². The first kappa shape index (κ1) is 19.9. The van der Waals surface area contributed by atoms with Crippen molar-refractivity contribution in [2.45, 2.75) is 45.1 Å². The molecule has 3 aliphatic rings. The number of hydrogen-bond acceptors (Lipinski definition) is 4. The molecular formula is C22H22F2N4O3. The summed E-state index contributed by atoms with van der Waals surface area (Å²) < 4.78 is 28.6. The fourth-order valence-electron chi connectivity index (χ4n) is 5.04. The molecule has 7 nitrogen and oxygen atoms in total. The van der Waals surface area contributed by atoms with Crippen molar-refractivity contribution in [2.24, 2.45) is 0 Å². The molecule has 2 saturated heterocycles. The van der Waals surface area contributed by atoms with Crippen LogP contribution in [0.25, 0.3) is 0 Å². The molecule has 0 radical (unpaired) electrons. The van der Waals surface area contributed by atoms with Gasteiger partial charge in [0.2, 0.25) is 0 Å². The fraction of sp³-hybridized carbons (Fsp3) is 0.409. The van der Waals surface area contributed by atoms with Crippen molar-refractivity contribution in [3.8, 4) is 0 Å². The molecule has 1 aromatic carbocycles. The third-order valence-electron chi connectivity index (χ3n) is 6.61. The Bertz CT molecular complexity index is 1160. The van der Waals surface area contributed by atoms with Gasteiger partial charge in [0.15, 0.2) is 5.43 Å². The number of hydrogen-bond donors (Lipinski definition) is 1. The van der Waals surface area contributed by atoms with Gasteiger partial charge in [0.25, 0.3) is 11.8 Å². The molecule has 31 heavy (non-hydrogen) atoms. The molecule has 1 aromatic heterocycles. The highest BCUT2D eigenvalue weighted by molar-refractivity contribution is 5.98. The quantitative estimate of drug-likeness (QED) is 0.807. The van der Waals surface area contributed by atoms with Crippen molar-refractivity contribution < 1.29 is 18.4 Å². The molecule has 0 saturated carbocycles. The lowest BCUT2D eigenvalue weighted by atomic mass is 10.1. The monoisotopic (exact) mass is 428 g/mol. The van der Waals surface area contributed by atoms with E-state index >= 15 is 0 Å². The van der Waals surface area contributed by atoms with Gasteiger partial charge in [0.05, 0.1) is 6.54 Å². The smallest absolute Gasteiger partial charge is 0.272 e. The summed E-state index contributed by atoms with van der Waals surface area (Å²) in [6.45, 7) is 3.47. The number of carbonyl (C=O) groups excluding carboxylic acids is 2. The summed E-state index contributed by atoms with van der Waals surface area (Å²) in [6, 6.07) is 3.44. The first-order valence-corrected chi connectivity index (χ1v) is 10.4. The van der Waals surface area contributed by atoms with Crippen LogP contribution in [0.1, 0.15) is 44.8 Å². The first-order valence-electron chi connectivity index (χ1n) is 10.4. The molecule has 2 amide bonds. The van der Waals surface area contributed by atoms with E-state index < -0.39 is 23.0 Å². The van der Waals surface area contributed by atoms with E-state index in [-0.39, 0.29) is 35.3 Å². The summed E-state index contributed by atoms with van der Waals surface area (Å²) in [6.07, 6.45) is 3.52. The summed E-state index contributed by atoms with van der Waals surface area (Å²) in [5.74, 6) is -2.32. The number of benzene rings is 1. The molecule has 0 aliphatic carbocycles. The van der Waals surface area contributed by atoms with E-state index in [0.29, 0.717) is 24.8 Å². The Morgan fingerprint density at radius 1 is 1.23 bits per heavy atom. The van der Waals surface area contributed by atoms with E-state index in [9.17, 15) is 23.2 Å². The van der Waals surface area contributed by atoms with Crippen LogP contribution >= 0.6 is 0 Å². The van der Waals surface area contributed by atoms with E-state index in [1.165, 1.54) is 12.3 Å². The highest BCUT2D eigenvalue weighted by atomic mass is 19.1. The zero-order valence-electron chi connectivity index (χ0n) is 17.0. The maximum atomic E-state index is 13.8. The van der Waals surface area contributed by atoms with Gasteiger partial charge in [-0.2, -0.15) is 0 Å². The predicted octanol–water partition coefficient (Wildman–Crippen LogP) is 1.62. The summed E-state index contributed by atoms with van der Waals surface area (Å²) in [7, 11) is 0. The van der Waals surface area contributed by atoms with Crippen molar-refractivity contribution in [1.29, 1.82) is 0 Å². The first-order chi connectivity index (χ1) is 14.8. The van der Waals surface area contributed by atoms with Crippen molar-refractivity contribution in [3.63, 3.8) is 0 Å². The summed E-state index contributed by atoms with van der Waals surface area (Å²) in [4.78, 5) is 42.9. The molecule has 2 atom stereocenters. The molecule has 2 fully saturated rings. The summed E-state index contributed by atoms with van der Waals surface area (Å²) >= 11 is 0. The Balaban J connectivity index is 1.43. The SMILES string of the molecule is Cc1c2n(cc(C(=O)NCc3ccc(F)cc3F)c1=O)C[C@@H]1N(C[C@H]3CCCN31)C2=O. The van der Waals surface area contributed by atoms with Crippen LogP contribution in [0.15, 0.2) is 29.2 Å². The number of fused-ring (bicyclic) bond motifs is 4. The van der Waals surface area contributed by atoms with Crippen LogP contribution in [0, 0.1) is 18.6 Å². The largest absolute Gasteiger partial charge is 0.348 e. The fourth-order valence-corrected chi connectivity index (χ4v) is 5.04. The number of aromatic nitrogens is 1. The maximum Gasteiger partial charge on any atom is 0.272 e. The van der Waals surface area contributed by atoms with Gasteiger partial charge in [-0.25, -0.2) is 8.78 Å². The summed E-state index contributed by atoms with van der Waals surface area (Å²) in [5.41, 5.74) is 0.0527. The third-order valence-corrected chi connectivity index (χ3v) is 6.61. The molecular weight excluding hydrogens is 406 g/mol. The lowest BCUT2D eigenvalue weighted by molar-refractivity contribution is 0.0518. The zero-order chi connectivity index (χ0) is 21.9. The van der Waals surface area contributed by atoms with Crippen molar-refractivity contribution >= 4 is 11.8 Å². The Morgan fingerprint density at radius 2 is 2.03 bits per heavy atom. The normalized spacial score (nSPS) is 22.3. The van der Waals surface area contributed by atoms with Crippen molar-refractivity contribution in [3.05, 3.63) is 68.6 Å². The molecule has 9 heteroatoms. The standard InChI is InChI=1S/C22H22F2N4O3/c1-12-19-22(31)28-9-15-3-2-6-27(15)18(28)11-26(19)10-16(20(12)29)21(30)25-8-13-4-5-14(23)7-17(13)24/h4-5,7,10,15,18H,2-3,6,8-9,11H2,1H3,(H,25,30)/t15-,18+/m1/s1. The predicted molar refractivity (Wildman–Crippen MR) is 108 cm³/mol. The van der Waals surface area contributed by atoms with Gasteiger partial charge in [0, 0.05) is 49.1 Å². The molecule has 0 bridgehead atoms. The summed E-state index contributed by atoms with van der Waals surface area (Å²) in [5, 5.41) is 2.52. The minimum atomic E-state index is -0.772. The second kappa shape index (κ2) is 7.26. The van der Waals surface area contributed by atoms with Gasteiger partial charge in [-0.1, -0.05) is 6.07 Å². The number of carbonyl (C=O) groups is 2. The van der Waals surface area contributed by atoms with Gasteiger partial charge < -0.3 is 14.8 Å². The van der Waals surface area contributed by atoms with E-state index in [0.717, 1.165) is 31.5 Å². The number of nitrogens with zero attached hydrogens (tertiary/aromatic N) is 3. The number of halogens is 2. The average molecular weight is 428 g/mol. The van der Waals surface area contributed by atoms with Crippen molar-refractivity contribution in [1.82, 2.24) is 19.7 Å². The van der Waals surface area contributed by atoms with Gasteiger partial charge in [-0.15, -0.1) is 0 Å². The lowest BCUT2D eigenvalue weighted by Crippen LogP contribution is -2.51. The second-order valence-electron chi connectivity index (χ2n) is 8.39.